The van der Waals surface area contributed by atoms with Crippen LogP contribution >= 0.6 is 0 Å². The number of amides is 2. The molecule has 2 aromatic carbocycles. The maximum atomic E-state index is 12.0. The Morgan fingerprint density at radius 3 is 2.96 bits per heavy atom. The van der Waals surface area contributed by atoms with Crippen molar-refractivity contribution < 1.29 is 9.53 Å². The van der Waals surface area contributed by atoms with Gasteiger partial charge in [0.1, 0.15) is 5.75 Å². The normalized spacial score (nSPS) is 13.1. The van der Waals surface area contributed by atoms with Crippen molar-refractivity contribution in [1.29, 1.82) is 0 Å². The van der Waals surface area contributed by atoms with Crippen molar-refractivity contribution in [3.05, 3.63) is 53.6 Å². The number of fused-ring (bicyclic) bond motifs is 1. The van der Waals surface area contributed by atoms with Crippen molar-refractivity contribution in [2.45, 2.75) is 19.3 Å². The van der Waals surface area contributed by atoms with Crippen LogP contribution in [0.15, 0.2) is 42.5 Å². The molecule has 1 aliphatic heterocycles. The van der Waals surface area contributed by atoms with Gasteiger partial charge in [-0.2, -0.15) is 0 Å². The Kier molecular flexibility index (Phi) is 5.43. The van der Waals surface area contributed by atoms with Gasteiger partial charge in [0.05, 0.1) is 7.11 Å². The average Bonchev–Trinajstić information content (AvgIpc) is 2.62. The van der Waals surface area contributed by atoms with E-state index in [9.17, 15) is 4.79 Å². The Morgan fingerprint density at radius 1 is 1.24 bits per heavy atom. The molecule has 0 aromatic heterocycles. The van der Waals surface area contributed by atoms with Gasteiger partial charge in [0, 0.05) is 37.6 Å². The molecule has 1 aliphatic rings. The smallest absolute Gasteiger partial charge is 0.319 e. The monoisotopic (exact) mass is 339 g/mol. The predicted molar refractivity (Wildman–Crippen MR) is 102 cm³/mol. The third kappa shape index (κ3) is 4.44. The minimum absolute atomic E-state index is 0.203. The fourth-order valence-corrected chi connectivity index (χ4v) is 3.19. The van der Waals surface area contributed by atoms with Crippen molar-refractivity contribution >= 4 is 17.4 Å². The van der Waals surface area contributed by atoms with Crippen molar-refractivity contribution in [1.82, 2.24) is 5.32 Å². The van der Waals surface area contributed by atoms with Gasteiger partial charge in [-0.3, -0.25) is 0 Å². The summed E-state index contributed by atoms with van der Waals surface area (Å²) < 4.78 is 5.15. The maximum Gasteiger partial charge on any atom is 0.319 e. The molecule has 2 N–H and O–H groups in total. The highest BCUT2D eigenvalue weighted by Gasteiger charge is 2.13. The lowest BCUT2D eigenvalue weighted by atomic mass is 9.98. The Hall–Kier alpha value is -2.69. The van der Waals surface area contributed by atoms with Gasteiger partial charge in [0.2, 0.25) is 0 Å². The Balaban J connectivity index is 1.50. The highest BCUT2D eigenvalue weighted by atomic mass is 16.5. The first-order valence-electron chi connectivity index (χ1n) is 8.67. The van der Waals surface area contributed by atoms with E-state index in [0.29, 0.717) is 12.2 Å². The quantitative estimate of drug-likeness (QED) is 0.877. The molecule has 0 aliphatic carbocycles. The number of nitrogens with one attached hydrogen (secondary N) is 2. The van der Waals surface area contributed by atoms with E-state index in [1.54, 1.807) is 13.2 Å². The first-order valence-corrected chi connectivity index (χ1v) is 8.67. The summed E-state index contributed by atoms with van der Waals surface area (Å²) >= 11 is 0. The number of hydrogen-bond donors (Lipinski definition) is 2. The number of urea groups is 1. The number of nitrogens with zero attached hydrogens (tertiary/aromatic N) is 1. The Labute approximate surface area is 149 Å². The zero-order valence-electron chi connectivity index (χ0n) is 14.8. The summed E-state index contributed by atoms with van der Waals surface area (Å²) in [6.07, 6.45) is 3.16. The molecule has 0 spiro atoms. The first-order chi connectivity index (χ1) is 12.2. The molecule has 2 aromatic rings. The number of rotatable bonds is 5. The van der Waals surface area contributed by atoms with Crippen LogP contribution < -0.4 is 20.3 Å². The lowest BCUT2D eigenvalue weighted by Crippen LogP contribution is -2.30. The standard InChI is InChI=1S/C20H25N3O2/c1-23-12-4-5-16-13-15(8-9-19(16)23)10-11-21-20(24)22-17-6-3-7-18(14-17)25-2/h3,6-9,13-14H,4-5,10-12H2,1-2H3,(H2,21,22,24). The predicted octanol–water partition coefficient (Wildman–Crippen LogP) is 3.44. The van der Waals surface area contributed by atoms with Gasteiger partial charge in [0.25, 0.3) is 0 Å². The van der Waals surface area contributed by atoms with E-state index in [2.05, 4.69) is 40.8 Å². The molecule has 2 amide bonds. The van der Waals surface area contributed by atoms with Crippen LogP contribution in [-0.4, -0.2) is 33.3 Å². The highest BCUT2D eigenvalue weighted by molar-refractivity contribution is 5.89. The van der Waals surface area contributed by atoms with Crippen molar-refractivity contribution in [3.63, 3.8) is 0 Å². The molecule has 0 saturated heterocycles. The zero-order valence-corrected chi connectivity index (χ0v) is 14.8. The number of carbonyl (C=O) groups is 1. The fraction of sp³-hybridized carbons (Fsp3) is 0.350. The Bertz CT molecular complexity index is 745. The molecule has 0 fully saturated rings. The van der Waals surface area contributed by atoms with Crippen LogP contribution in [0.1, 0.15) is 17.5 Å². The van der Waals surface area contributed by atoms with Gasteiger partial charge in [-0.05, 0) is 48.6 Å². The second kappa shape index (κ2) is 7.92. The average molecular weight is 339 g/mol. The van der Waals surface area contributed by atoms with Gasteiger partial charge in [-0.1, -0.05) is 18.2 Å². The van der Waals surface area contributed by atoms with Crippen LogP contribution in [0.4, 0.5) is 16.2 Å². The van der Waals surface area contributed by atoms with E-state index < -0.39 is 0 Å². The summed E-state index contributed by atoms with van der Waals surface area (Å²) in [6, 6.07) is 13.7. The number of carbonyl (C=O) groups excluding carboxylic acids is 1. The fourth-order valence-electron chi connectivity index (χ4n) is 3.19. The van der Waals surface area contributed by atoms with E-state index >= 15 is 0 Å². The van der Waals surface area contributed by atoms with Crippen LogP contribution in [-0.2, 0) is 12.8 Å². The number of methoxy groups -OCH3 is 1. The molecular formula is C20H25N3O2. The third-order valence-corrected chi connectivity index (χ3v) is 4.52. The van der Waals surface area contributed by atoms with Gasteiger partial charge in [0.15, 0.2) is 0 Å². The largest absolute Gasteiger partial charge is 0.497 e. The lowest BCUT2D eigenvalue weighted by molar-refractivity contribution is 0.252. The molecule has 0 unspecified atom stereocenters. The first kappa shape index (κ1) is 17.1. The van der Waals surface area contributed by atoms with Crippen LogP contribution in [0.3, 0.4) is 0 Å². The van der Waals surface area contributed by atoms with Gasteiger partial charge in [-0.25, -0.2) is 4.79 Å². The summed E-state index contributed by atoms with van der Waals surface area (Å²) in [5.41, 5.74) is 4.72. The van der Waals surface area contributed by atoms with Crippen molar-refractivity contribution in [2.24, 2.45) is 0 Å². The van der Waals surface area contributed by atoms with Crippen LogP contribution in [0.5, 0.6) is 5.75 Å². The molecule has 25 heavy (non-hydrogen) atoms. The van der Waals surface area contributed by atoms with E-state index in [-0.39, 0.29) is 6.03 Å². The van der Waals surface area contributed by atoms with Crippen LogP contribution in [0.25, 0.3) is 0 Å². The van der Waals surface area contributed by atoms with E-state index in [4.69, 9.17) is 4.74 Å². The van der Waals surface area contributed by atoms with Crippen LogP contribution in [0, 0.1) is 0 Å². The van der Waals surface area contributed by atoms with Gasteiger partial charge < -0.3 is 20.3 Å². The summed E-state index contributed by atoms with van der Waals surface area (Å²) in [6.45, 7) is 1.72. The number of ether oxygens (including phenoxy) is 1. The molecule has 5 heteroatoms. The summed E-state index contributed by atoms with van der Waals surface area (Å²) in [4.78, 5) is 14.3. The maximum absolute atomic E-state index is 12.0. The summed E-state index contributed by atoms with van der Waals surface area (Å²) in [5, 5.41) is 5.73. The van der Waals surface area contributed by atoms with Crippen molar-refractivity contribution in [3.8, 4) is 5.75 Å². The van der Waals surface area contributed by atoms with E-state index in [1.165, 1.54) is 23.2 Å². The molecule has 1 heterocycles. The second-order valence-electron chi connectivity index (χ2n) is 6.35. The molecule has 0 radical (unpaired) electrons. The SMILES string of the molecule is COc1cccc(NC(=O)NCCc2ccc3c(c2)CCCN3C)c1. The number of aryl methyl sites for hydroxylation is 1. The van der Waals surface area contributed by atoms with E-state index in [0.717, 1.165) is 25.1 Å². The molecule has 0 saturated carbocycles. The number of anilines is 2. The molecule has 0 atom stereocenters. The van der Waals surface area contributed by atoms with Crippen molar-refractivity contribution in [2.75, 3.05) is 37.5 Å². The third-order valence-electron chi connectivity index (χ3n) is 4.52. The molecule has 3 rings (SSSR count). The minimum Gasteiger partial charge on any atom is -0.497 e. The van der Waals surface area contributed by atoms with E-state index in [1.807, 2.05) is 18.2 Å². The number of hydrogen-bond acceptors (Lipinski definition) is 3. The topological polar surface area (TPSA) is 53.6 Å². The molecule has 0 bridgehead atoms. The lowest BCUT2D eigenvalue weighted by Gasteiger charge is -2.27. The highest BCUT2D eigenvalue weighted by Crippen LogP contribution is 2.26. The zero-order chi connectivity index (χ0) is 17.6. The van der Waals surface area contributed by atoms with Gasteiger partial charge >= 0.3 is 6.03 Å². The van der Waals surface area contributed by atoms with Gasteiger partial charge in [-0.15, -0.1) is 0 Å². The second-order valence-corrected chi connectivity index (χ2v) is 6.35. The Morgan fingerprint density at radius 2 is 2.12 bits per heavy atom. The summed E-state index contributed by atoms with van der Waals surface area (Å²) in [7, 11) is 3.75. The van der Waals surface area contributed by atoms with Crippen LogP contribution in [0.2, 0.25) is 0 Å². The number of benzene rings is 2. The summed E-state index contributed by atoms with van der Waals surface area (Å²) in [5.74, 6) is 0.719. The molecule has 5 nitrogen and oxygen atoms in total. The molecular weight excluding hydrogens is 314 g/mol. The minimum atomic E-state index is -0.203. The molecule has 132 valence electrons.